The smallest absolute Gasteiger partial charge is 0.396 e. The molecule has 1 N–H and O–H groups in total. The monoisotopic (exact) mass is 108 g/mol. The second kappa shape index (κ2) is 8.82. The first-order valence-corrected chi connectivity index (χ1v) is 1.52. The minimum atomic E-state index is 0. The Balaban J connectivity index is 0. The van der Waals surface area contributed by atoms with Gasteiger partial charge in [0, 0.05) is 6.61 Å². The molecule has 0 aliphatic rings. The zero-order chi connectivity index (χ0) is 3.41. The van der Waals surface area contributed by atoms with Crippen molar-refractivity contribution in [3.63, 3.8) is 0 Å². The van der Waals surface area contributed by atoms with Gasteiger partial charge in [-0.25, -0.2) is 0 Å². The van der Waals surface area contributed by atoms with E-state index in [1.807, 2.05) is 6.92 Å². The molecular weight excluding hydrogens is 99.9 g/mol. The Morgan fingerprint density at radius 3 is 1.80 bits per heavy atom. The van der Waals surface area contributed by atoms with Gasteiger partial charge in [0.2, 0.25) is 0 Å². The topological polar surface area (TPSA) is 20.2 Å². The van der Waals surface area contributed by atoms with Crippen LogP contribution in [0, 0.1) is 0 Å². The van der Waals surface area contributed by atoms with Crippen molar-refractivity contribution >= 4 is 0 Å². The average molecular weight is 108 g/mol. The number of hydrogen-bond acceptors (Lipinski definition) is 1. The van der Waals surface area contributed by atoms with Gasteiger partial charge in [0.05, 0.1) is 0 Å². The molecule has 0 spiro atoms. The molecule has 0 fully saturated rings. The molecule has 1 nitrogen and oxygen atoms in total. The van der Waals surface area contributed by atoms with Crippen LogP contribution >= 0.6 is 0 Å². The van der Waals surface area contributed by atoms with Gasteiger partial charge in [0.15, 0.2) is 0 Å². The maximum absolute atomic E-state index is 7.88. The standard InChI is InChI=1S/C3H8O.Ti/c1-2-3-4;/h4H,2-3H2,1H3;/q;+3. The SMILES string of the molecule is CCCO.[Ti+3]. The van der Waals surface area contributed by atoms with E-state index >= 15 is 0 Å². The third kappa shape index (κ3) is 11.9. The second-order valence-electron chi connectivity index (χ2n) is 0.724. The molecule has 0 aliphatic carbocycles. The molecule has 0 aliphatic heterocycles. The third-order valence-electron chi connectivity index (χ3n) is 0.224. The largest absolute Gasteiger partial charge is 3.00 e. The Bertz CT molecular complexity index is 8.85. The zero-order valence-corrected chi connectivity index (χ0v) is 4.92. The Kier molecular flexibility index (Phi) is 16.2. The molecule has 0 aromatic rings. The normalized spacial score (nSPS) is 6.00. The molecule has 1 radical (unpaired) electrons. The van der Waals surface area contributed by atoms with Gasteiger partial charge in [-0.2, -0.15) is 0 Å². The summed E-state index contributed by atoms with van der Waals surface area (Å²) in [6, 6.07) is 0. The molecule has 0 saturated carbocycles. The molecule has 27 valence electrons. The van der Waals surface area contributed by atoms with Crippen LogP contribution < -0.4 is 0 Å². The van der Waals surface area contributed by atoms with E-state index < -0.39 is 0 Å². The Labute approximate surface area is 47.3 Å². The average Bonchev–Trinajstić information content (AvgIpc) is 1.37. The summed E-state index contributed by atoms with van der Waals surface area (Å²) in [5, 5.41) is 7.88. The molecule has 0 aromatic heterocycles. The minimum Gasteiger partial charge on any atom is -0.396 e. The third-order valence-corrected chi connectivity index (χ3v) is 0.224. The van der Waals surface area contributed by atoms with Crippen molar-refractivity contribution in [1.29, 1.82) is 0 Å². The summed E-state index contributed by atoms with van der Waals surface area (Å²) in [4.78, 5) is 0. The quantitative estimate of drug-likeness (QED) is 0.481. The first-order valence-electron chi connectivity index (χ1n) is 1.52. The van der Waals surface area contributed by atoms with E-state index in [0.717, 1.165) is 6.42 Å². The molecule has 0 unspecified atom stereocenters. The number of rotatable bonds is 1. The summed E-state index contributed by atoms with van der Waals surface area (Å²) in [6.45, 7) is 2.25. The van der Waals surface area contributed by atoms with Gasteiger partial charge in [0.1, 0.15) is 0 Å². The summed E-state index contributed by atoms with van der Waals surface area (Å²) in [7, 11) is 0. The van der Waals surface area contributed by atoms with Crippen LogP contribution in [0.25, 0.3) is 0 Å². The first-order chi connectivity index (χ1) is 1.91. The molecule has 0 atom stereocenters. The summed E-state index contributed by atoms with van der Waals surface area (Å²) < 4.78 is 0. The molecule has 2 heteroatoms. The molecule has 0 saturated heterocycles. The van der Waals surface area contributed by atoms with Crippen LogP contribution in [0.5, 0.6) is 0 Å². The van der Waals surface area contributed by atoms with E-state index in [1.165, 1.54) is 0 Å². The van der Waals surface area contributed by atoms with E-state index in [-0.39, 0.29) is 21.7 Å². The predicted molar refractivity (Wildman–Crippen MR) is 17.4 cm³/mol. The van der Waals surface area contributed by atoms with E-state index in [4.69, 9.17) is 5.11 Å². The van der Waals surface area contributed by atoms with Crippen LogP contribution in [0.3, 0.4) is 0 Å². The van der Waals surface area contributed by atoms with Gasteiger partial charge < -0.3 is 5.11 Å². The van der Waals surface area contributed by atoms with Crippen LogP contribution in [0.1, 0.15) is 13.3 Å². The molecule has 0 bridgehead atoms. The van der Waals surface area contributed by atoms with Gasteiger partial charge >= 0.3 is 21.7 Å². The van der Waals surface area contributed by atoms with E-state index in [1.54, 1.807) is 0 Å². The minimum absolute atomic E-state index is 0. The fourth-order valence-electron chi connectivity index (χ4n) is 0. The molecule has 0 heterocycles. The number of hydrogen-bond donors (Lipinski definition) is 1. The fraction of sp³-hybridized carbons (Fsp3) is 1.00. The van der Waals surface area contributed by atoms with E-state index in [2.05, 4.69) is 0 Å². The van der Waals surface area contributed by atoms with Crippen molar-refractivity contribution in [1.82, 2.24) is 0 Å². The molecular formula is C3H8OTi+3. The van der Waals surface area contributed by atoms with Gasteiger partial charge in [0.25, 0.3) is 0 Å². The van der Waals surface area contributed by atoms with Crippen LogP contribution in [-0.4, -0.2) is 11.7 Å². The molecule has 0 aromatic carbocycles. The van der Waals surface area contributed by atoms with Crippen LogP contribution in [0.15, 0.2) is 0 Å². The van der Waals surface area contributed by atoms with Gasteiger partial charge in [-0.05, 0) is 6.42 Å². The Morgan fingerprint density at radius 2 is 1.80 bits per heavy atom. The molecule has 5 heavy (non-hydrogen) atoms. The zero-order valence-electron chi connectivity index (χ0n) is 3.36. The van der Waals surface area contributed by atoms with Crippen molar-refractivity contribution in [2.24, 2.45) is 0 Å². The van der Waals surface area contributed by atoms with Crippen LogP contribution in [0.2, 0.25) is 0 Å². The maximum Gasteiger partial charge on any atom is 3.00 e. The first kappa shape index (κ1) is 9.18. The molecule has 0 rings (SSSR count). The summed E-state index contributed by atoms with van der Waals surface area (Å²) in [5.41, 5.74) is 0. The number of aliphatic hydroxyl groups is 1. The van der Waals surface area contributed by atoms with Crippen LogP contribution in [0.4, 0.5) is 0 Å². The summed E-state index contributed by atoms with van der Waals surface area (Å²) in [5.74, 6) is 0. The predicted octanol–water partition coefficient (Wildman–Crippen LogP) is 0.386. The van der Waals surface area contributed by atoms with E-state index in [0.29, 0.717) is 6.61 Å². The summed E-state index contributed by atoms with van der Waals surface area (Å²) >= 11 is 0. The maximum atomic E-state index is 7.88. The van der Waals surface area contributed by atoms with Crippen molar-refractivity contribution < 1.29 is 26.8 Å². The van der Waals surface area contributed by atoms with Gasteiger partial charge in [-0.15, -0.1) is 0 Å². The van der Waals surface area contributed by atoms with Crippen LogP contribution in [-0.2, 0) is 21.7 Å². The van der Waals surface area contributed by atoms with Crippen molar-refractivity contribution in [3.05, 3.63) is 0 Å². The van der Waals surface area contributed by atoms with Crippen molar-refractivity contribution in [2.75, 3.05) is 6.61 Å². The van der Waals surface area contributed by atoms with E-state index in [9.17, 15) is 0 Å². The summed E-state index contributed by atoms with van der Waals surface area (Å²) in [6.07, 6.45) is 0.875. The number of aliphatic hydroxyl groups excluding tert-OH is 1. The second-order valence-corrected chi connectivity index (χ2v) is 0.724. The Morgan fingerprint density at radius 1 is 1.60 bits per heavy atom. The Hall–Kier alpha value is 0.674. The van der Waals surface area contributed by atoms with Gasteiger partial charge in [-0.1, -0.05) is 6.92 Å². The van der Waals surface area contributed by atoms with Crippen molar-refractivity contribution in [2.45, 2.75) is 13.3 Å². The van der Waals surface area contributed by atoms with Crippen molar-refractivity contribution in [3.8, 4) is 0 Å². The molecule has 0 amide bonds. The van der Waals surface area contributed by atoms with Gasteiger partial charge in [-0.3, -0.25) is 0 Å². The fourth-order valence-corrected chi connectivity index (χ4v) is 0.